The van der Waals surface area contributed by atoms with E-state index in [0.29, 0.717) is 24.4 Å². The van der Waals surface area contributed by atoms with E-state index in [0.717, 1.165) is 11.4 Å². The summed E-state index contributed by atoms with van der Waals surface area (Å²) < 4.78 is 0. The normalized spacial score (nSPS) is 27.4. The highest BCUT2D eigenvalue weighted by atomic mass is 16.3. The van der Waals surface area contributed by atoms with E-state index in [1.54, 1.807) is 6.07 Å². The highest BCUT2D eigenvalue weighted by molar-refractivity contribution is 5.27. The van der Waals surface area contributed by atoms with Crippen LogP contribution in [-0.4, -0.2) is 40.2 Å². The van der Waals surface area contributed by atoms with Crippen LogP contribution < -0.4 is 5.32 Å². The van der Waals surface area contributed by atoms with E-state index in [1.165, 1.54) is 38.8 Å². The molecule has 2 aliphatic rings. The number of aromatic hydroxyl groups is 1. The van der Waals surface area contributed by atoms with Crippen molar-refractivity contribution in [2.45, 2.75) is 51.2 Å². The van der Waals surface area contributed by atoms with Crippen LogP contribution >= 0.6 is 0 Å². The van der Waals surface area contributed by atoms with E-state index in [1.807, 2.05) is 13.0 Å². The molecule has 1 aromatic rings. The van der Waals surface area contributed by atoms with Crippen LogP contribution in [0.2, 0.25) is 0 Å². The van der Waals surface area contributed by atoms with Gasteiger partial charge in [-0.3, -0.25) is 9.88 Å². The summed E-state index contributed by atoms with van der Waals surface area (Å²) in [6.45, 7) is 5.11. The van der Waals surface area contributed by atoms with Gasteiger partial charge < -0.3 is 10.4 Å². The molecule has 3 heterocycles. The third kappa shape index (κ3) is 2.74. The van der Waals surface area contributed by atoms with Gasteiger partial charge in [-0.2, -0.15) is 0 Å². The van der Waals surface area contributed by atoms with E-state index < -0.39 is 0 Å². The molecule has 2 aliphatic heterocycles. The maximum Gasteiger partial charge on any atom is 0.138 e. The number of aromatic nitrogens is 1. The quantitative estimate of drug-likeness (QED) is 0.871. The lowest BCUT2D eigenvalue weighted by atomic mass is 9.99. The van der Waals surface area contributed by atoms with E-state index in [-0.39, 0.29) is 0 Å². The van der Waals surface area contributed by atoms with Crippen molar-refractivity contribution in [2.24, 2.45) is 0 Å². The Kier molecular flexibility index (Phi) is 3.71. The molecule has 4 nitrogen and oxygen atoms in total. The number of pyridine rings is 1. The Labute approximate surface area is 114 Å². The van der Waals surface area contributed by atoms with Gasteiger partial charge >= 0.3 is 0 Å². The Morgan fingerprint density at radius 3 is 3.11 bits per heavy atom. The van der Waals surface area contributed by atoms with Gasteiger partial charge in [-0.1, -0.05) is 6.42 Å². The Hall–Kier alpha value is -1.13. The molecule has 2 fully saturated rings. The molecule has 0 radical (unpaired) electrons. The number of fused-ring (bicyclic) bond motifs is 1. The molecule has 0 aliphatic carbocycles. The smallest absolute Gasteiger partial charge is 0.138 e. The Balaban J connectivity index is 1.61. The monoisotopic (exact) mass is 261 g/mol. The molecule has 19 heavy (non-hydrogen) atoms. The summed E-state index contributed by atoms with van der Waals surface area (Å²) in [5.74, 6) is 0.302. The Bertz CT molecular complexity index is 449. The van der Waals surface area contributed by atoms with Gasteiger partial charge in [-0.15, -0.1) is 0 Å². The molecule has 0 amide bonds. The summed E-state index contributed by atoms with van der Waals surface area (Å²) in [6, 6.07) is 4.83. The first-order valence-corrected chi connectivity index (χ1v) is 7.37. The first-order valence-electron chi connectivity index (χ1n) is 7.37. The number of nitrogens with zero attached hydrogens (tertiary/aromatic N) is 2. The number of rotatable bonds is 3. The lowest BCUT2D eigenvalue weighted by molar-refractivity contribution is 0.180. The summed E-state index contributed by atoms with van der Waals surface area (Å²) in [6.07, 6.45) is 5.23. The van der Waals surface area contributed by atoms with Crippen molar-refractivity contribution in [3.05, 3.63) is 23.5 Å². The lowest BCUT2D eigenvalue weighted by Crippen LogP contribution is -2.44. The molecule has 0 spiro atoms. The van der Waals surface area contributed by atoms with Crippen molar-refractivity contribution in [1.29, 1.82) is 0 Å². The van der Waals surface area contributed by atoms with E-state index in [4.69, 9.17) is 0 Å². The fourth-order valence-electron chi connectivity index (χ4n) is 3.45. The zero-order chi connectivity index (χ0) is 13.2. The molecule has 2 atom stereocenters. The predicted octanol–water partition coefficient (Wildman–Crippen LogP) is 1.81. The molecule has 0 bridgehead atoms. The molecule has 3 rings (SSSR count). The van der Waals surface area contributed by atoms with Crippen molar-refractivity contribution < 1.29 is 5.11 Å². The maximum atomic E-state index is 9.83. The number of nitrogens with one attached hydrogen (secondary N) is 1. The average Bonchev–Trinajstić information content (AvgIpc) is 2.83. The first-order chi connectivity index (χ1) is 9.24. The average molecular weight is 261 g/mol. The number of hydrogen-bond donors (Lipinski definition) is 2. The highest BCUT2D eigenvalue weighted by Gasteiger charge is 2.35. The van der Waals surface area contributed by atoms with Gasteiger partial charge in [-0.25, -0.2) is 0 Å². The van der Waals surface area contributed by atoms with Crippen LogP contribution in [0, 0.1) is 6.92 Å². The molecule has 1 aromatic heterocycles. The minimum atomic E-state index is 0.302. The fraction of sp³-hybridized carbons (Fsp3) is 0.667. The van der Waals surface area contributed by atoms with Crippen LogP contribution in [0.4, 0.5) is 0 Å². The highest BCUT2D eigenvalue weighted by Crippen LogP contribution is 2.27. The third-order valence-electron chi connectivity index (χ3n) is 4.48. The number of piperidine rings is 1. The van der Waals surface area contributed by atoms with E-state index in [9.17, 15) is 5.11 Å². The standard InChI is InChI=1S/C15H23N3O/c1-11-5-6-15(19)13(17-11)10-16-12-7-9-18-8-3-2-4-14(12)18/h5-6,12,14,16,19H,2-4,7-10H2,1H3. The lowest BCUT2D eigenvalue weighted by Gasteiger charge is -2.32. The summed E-state index contributed by atoms with van der Waals surface area (Å²) >= 11 is 0. The molecule has 0 aromatic carbocycles. The molecule has 2 unspecified atom stereocenters. The van der Waals surface area contributed by atoms with Crippen molar-refractivity contribution in [2.75, 3.05) is 13.1 Å². The zero-order valence-electron chi connectivity index (χ0n) is 11.6. The second-order valence-electron chi connectivity index (χ2n) is 5.79. The van der Waals surface area contributed by atoms with Crippen molar-refractivity contribution >= 4 is 0 Å². The Morgan fingerprint density at radius 2 is 2.21 bits per heavy atom. The van der Waals surface area contributed by atoms with Crippen molar-refractivity contribution in [1.82, 2.24) is 15.2 Å². The fourth-order valence-corrected chi connectivity index (χ4v) is 3.45. The van der Waals surface area contributed by atoms with E-state index >= 15 is 0 Å². The van der Waals surface area contributed by atoms with Crippen LogP contribution in [-0.2, 0) is 6.54 Å². The van der Waals surface area contributed by atoms with Gasteiger partial charge in [-0.05, 0) is 44.9 Å². The molecular formula is C15H23N3O. The predicted molar refractivity (Wildman–Crippen MR) is 75.1 cm³/mol. The van der Waals surface area contributed by atoms with Gasteiger partial charge in [0.05, 0.1) is 5.69 Å². The van der Waals surface area contributed by atoms with Gasteiger partial charge in [0, 0.05) is 30.9 Å². The third-order valence-corrected chi connectivity index (χ3v) is 4.48. The molecule has 104 valence electrons. The summed E-state index contributed by atoms with van der Waals surface area (Å²) in [5, 5.41) is 13.4. The maximum absolute atomic E-state index is 9.83. The molecule has 0 saturated carbocycles. The molecule has 2 N–H and O–H groups in total. The van der Waals surface area contributed by atoms with Crippen molar-refractivity contribution in [3.63, 3.8) is 0 Å². The summed E-state index contributed by atoms with van der Waals surface area (Å²) in [4.78, 5) is 7.03. The van der Waals surface area contributed by atoms with Crippen LogP contribution in [0.3, 0.4) is 0 Å². The zero-order valence-corrected chi connectivity index (χ0v) is 11.6. The van der Waals surface area contributed by atoms with Gasteiger partial charge in [0.1, 0.15) is 5.75 Å². The van der Waals surface area contributed by atoms with Gasteiger partial charge in [0.2, 0.25) is 0 Å². The van der Waals surface area contributed by atoms with Crippen LogP contribution in [0.1, 0.15) is 37.1 Å². The number of hydrogen-bond acceptors (Lipinski definition) is 4. The largest absolute Gasteiger partial charge is 0.506 e. The Morgan fingerprint density at radius 1 is 1.32 bits per heavy atom. The van der Waals surface area contributed by atoms with Gasteiger partial charge in [0.25, 0.3) is 0 Å². The van der Waals surface area contributed by atoms with E-state index in [2.05, 4.69) is 15.2 Å². The topological polar surface area (TPSA) is 48.4 Å². The van der Waals surface area contributed by atoms with Gasteiger partial charge in [0.15, 0.2) is 0 Å². The minimum absolute atomic E-state index is 0.302. The number of aryl methyl sites for hydroxylation is 1. The molecule has 2 saturated heterocycles. The summed E-state index contributed by atoms with van der Waals surface area (Å²) in [5.41, 5.74) is 1.73. The second kappa shape index (κ2) is 5.47. The molecular weight excluding hydrogens is 238 g/mol. The van der Waals surface area contributed by atoms with Crippen LogP contribution in [0.15, 0.2) is 12.1 Å². The SMILES string of the molecule is Cc1ccc(O)c(CNC2CCN3CCCCC23)n1. The van der Waals surface area contributed by atoms with Crippen LogP contribution in [0.25, 0.3) is 0 Å². The van der Waals surface area contributed by atoms with Crippen molar-refractivity contribution in [3.8, 4) is 5.75 Å². The first kappa shape index (κ1) is 12.9. The summed E-state index contributed by atoms with van der Waals surface area (Å²) in [7, 11) is 0. The minimum Gasteiger partial charge on any atom is -0.506 e. The van der Waals surface area contributed by atoms with Crippen LogP contribution in [0.5, 0.6) is 5.75 Å². The molecule has 4 heteroatoms. The second-order valence-corrected chi connectivity index (χ2v) is 5.79.